The lowest BCUT2D eigenvalue weighted by atomic mass is 9.82. The maximum Gasteiger partial charge on any atom is 0.451 e. The van der Waals surface area contributed by atoms with Crippen LogP contribution >= 0.6 is 0 Å². The highest BCUT2D eigenvalue weighted by atomic mass is 28.3. The molecule has 2 saturated heterocycles. The monoisotopic (exact) mass is 1420 g/mol. The molecule has 2 aliphatic carbocycles. The summed E-state index contributed by atoms with van der Waals surface area (Å²) in [5.74, 6) is -3.06. The number of ether oxygens (including phenoxy) is 4. The highest BCUT2D eigenvalue weighted by molar-refractivity contribution is 6.76. The molecule has 4 aliphatic rings. The Hall–Kier alpha value is -7.83. The van der Waals surface area contributed by atoms with Crippen LogP contribution in [0.15, 0.2) is 74.1 Å². The Bertz CT molecular complexity index is 3890. The van der Waals surface area contributed by atoms with Gasteiger partial charge in [-0.25, -0.2) is 29.9 Å². The van der Waals surface area contributed by atoms with Gasteiger partial charge in [0.15, 0.2) is 0 Å². The molecule has 0 radical (unpaired) electrons. The van der Waals surface area contributed by atoms with Gasteiger partial charge < -0.3 is 38.3 Å². The molecule has 24 nitrogen and oxygen atoms in total. The van der Waals surface area contributed by atoms with Gasteiger partial charge in [0.1, 0.15) is 71.9 Å². The Kier molecular flexibility index (Phi) is 21.2. The predicted octanol–water partition coefficient (Wildman–Crippen LogP) is 11.9. The van der Waals surface area contributed by atoms with Crippen LogP contribution in [0.3, 0.4) is 0 Å². The van der Waals surface area contributed by atoms with Crippen LogP contribution in [0.5, 0.6) is 11.8 Å². The normalized spacial score (nSPS) is 20.1. The third-order valence-corrected chi connectivity index (χ3v) is 22.5. The van der Waals surface area contributed by atoms with Crippen LogP contribution in [0.2, 0.25) is 51.4 Å². The first-order chi connectivity index (χ1) is 47.1. The van der Waals surface area contributed by atoms with Crippen molar-refractivity contribution in [3.63, 3.8) is 0 Å². The van der Waals surface area contributed by atoms with Gasteiger partial charge in [-0.3, -0.25) is 19.2 Å². The third-order valence-electron chi connectivity index (χ3n) is 19.1. The van der Waals surface area contributed by atoms with Crippen LogP contribution in [-0.4, -0.2) is 168 Å². The Morgan fingerprint density at radius 2 is 0.920 bits per heavy atom. The molecular formula is C68H88F6N18O6Si2. The summed E-state index contributed by atoms with van der Waals surface area (Å²) in [6, 6.07) is 13.9. The number of nitrogens with zero attached hydrogens (tertiary/aromatic N) is 18. The second kappa shape index (κ2) is 28.9. The van der Waals surface area contributed by atoms with E-state index < -0.39 is 62.4 Å². The third kappa shape index (κ3) is 17.2. The number of aliphatic hydroxyl groups is 2. The Balaban J connectivity index is 0.000000202. The minimum Gasteiger partial charge on any atom is -0.474 e. The minimum absolute atomic E-state index is 0.153. The molecule has 12 rings (SSSR count). The summed E-state index contributed by atoms with van der Waals surface area (Å²) in [5, 5.41) is 51.4. The fourth-order valence-electron chi connectivity index (χ4n) is 13.3. The van der Waals surface area contributed by atoms with Gasteiger partial charge in [-0.2, -0.15) is 57.0 Å². The first-order valence-electron chi connectivity index (χ1n) is 33.9. The SMILES string of the molecule is CC(C)(O)c1cc(OC2CCC(N3CC(CC#N)(n4cc(-c5ncnc6c5ccn6COCC[Si](C)(C)C)cn4)C3)CC2)nc(C(F)(F)F)n1.CC(C)(O)c1cc(OC2CCC(N3CC(CC#N)(n4cc(-c5ncnc6c5ccn6COCC[Si](C)(C)C)cn4)C3)CC2)nc(C(F)(F)F)n1. The maximum atomic E-state index is 13.5. The second-order valence-corrected chi connectivity index (χ2v) is 41.7. The summed E-state index contributed by atoms with van der Waals surface area (Å²) in [6.07, 6.45) is 10.6. The standard InChI is InChI=1S/2C34H44F3N9O3Si/c2*1-32(2,47)27-16-28(43-31(42-27)34(35,36)37)49-25-8-6-24(7-9-25)45-19-33(20-45,11-12-38)46-18-23(17-41-46)29-26-10-13-44(30(26)40-21-39-29)22-48-14-15-50(3,4)5/h2*10,13,16-18,21,24-25,47H,6-9,11,14-15,19-20,22H2,1-5H3. The highest BCUT2D eigenvalue weighted by Crippen LogP contribution is 2.42. The zero-order valence-electron chi connectivity index (χ0n) is 58.2. The molecule has 10 heterocycles. The van der Waals surface area contributed by atoms with Crippen molar-refractivity contribution in [1.82, 2.24) is 78.4 Å². The van der Waals surface area contributed by atoms with E-state index >= 15 is 0 Å². The molecule has 2 saturated carbocycles. The Morgan fingerprint density at radius 3 is 1.25 bits per heavy atom. The van der Waals surface area contributed by atoms with Crippen molar-refractivity contribution in [1.29, 1.82) is 10.5 Å². The largest absolute Gasteiger partial charge is 0.474 e. The van der Waals surface area contributed by atoms with Crippen molar-refractivity contribution in [3.05, 3.63) is 97.1 Å². The van der Waals surface area contributed by atoms with Crippen LogP contribution in [0, 0.1) is 22.7 Å². The van der Waals surface area contributed by atoms with Gasteiger partial charge in [0.25, 0.3) is 0 Å². The Labute approximate surface area is 578 Å². The summed E-state index contributed by atoms with van der Waals surface area (Å²) < 4.78 is 112. The molecule has 4 fully saturated rings. The van der Waals surface area contributed by atoms with Crippen LogP contribution < -0.4 is 9.47 Å². The smallest absolute Gasteiger partial charge is 0.451 e. The fraction of sp³-hybridized carbons (Fsp3) is 0.588. The maximum absolute atomic E-state index is 13.5. The van der Waals surface area contributed by atoms with E-state index in [-0.39, 0.29) is 47.4 Å². The van der Waals surface area contributed by atoms with Crippen molar-refractivity contribution in [3.8, 4) is 46.4 Å². The van der Waals surface area contributed by atoms with Gasteiger partial charge in [0, 0.05) is 126 Å². The molecule has 0 aromatic carbocycles. The summed E-state index contributed by atoms with van der Waals surface area (Å²) in [7, 11) is -2.37. The topological polar surface area (TPSA) is 280 Å². The number of likely N-dealkylation sites (tertiary alicyclic amines) is 2. The van der Waals surface area contributed by atoms with Gasteiger partial charge in [0.2, 0.25) is 23.4 Å². The molecule has 0 unspecified atom stereocenters. The molecule has 0 spiro atoms. The lowest BCUT2D eigenvalue weighted by Gasteiger charge is -2.53. The fourth-order valence-corrected chi connectivity index (χ4v) is 14.8. The zero-order chi connectivity index (χ0) is 71.8. The van der Waals surface area contributed by atoms with E-state index in [1.807, 2.05) is 55.4 Å². The number of fused-ring (bicyclic) bond motifs is 2. The Morgan fingerprint density at radius 1 is 0.550 bits per heavy atom. The quantitative estimate of drug-likeness (QED) is 0.0323. The van der Waals surface area contributed by atoms with E-state index in [1.165, 1.54) is 39.8 Å². The van der Waals surface area contributed by atoms with E-state index in [1.54, 1.807) is 25.0 Å². The number of nitriles is 2. The number of aromatic nitrogens is 14. The molecule has 100 heavy (non-hydrogen) atoms. The zero-order valence-corrected chi connectivity index (χ0v) is 60.2. The van der Waals surface area contributed by atoms with E-state index in [4.69, 9.17) is 29.1 Å². The molecule has 2 aliphatic heterocycles. The number of alkyl halides is 6. The number of hydrogen-bond acceptors (Lipinski definition) is 20. The van der Waals surface area contributed by atoms with Gasteiger partial charge in [-0.1, -0.05) is 39.3 Å². The average molecular weight is 1420 g/mol. The molecule has 0 bridgehead atoms. The first kappa shape index (κ1) is 73.4. The van der Waals surface area contributed by atoms with Crippen molar-refractivity contribution < 1.29 is 55.5 Å². The number of halogens is 6. The van der Waals surface area contributed by atoms with Crippen molar-refractivity contribution in [2.75, 3.05) is 39.4 Å². The van der Waals surface area contributed by atoms with Crippen molar-refractivity contribution >= 4 is 38.2 Å². The van der Waals surface area contributed by atoms with E-state index in [9.17, 15) is 47.1 Å². The van der Waals surface area contributed by atoms with E-state index in [2.05, 4.69) is 101 Å². The molecule has 8 aromatic rings. The van der Waals surface area contributed by atoms with Gasteiger partial charge in [-0.15, -0.1) is 0 Å². The predicted molar refractivity (Wildman–Crippen MR) is 363 cm³/mol. The molecule has 0 amide bonds. The number of rotatable bonds is 24. The lowest BCUT2D eigenvalue weighted by Crippen LogP contribution is -2.65. The van der Waals surface area contributed by atoms with Gasteiger partial charge >= 0.3 is 12.4 Å². The summed E-state index contributed by atoms with van der Waals surface area (Å²) in [5.41, 5.74) is 0.353. The van der Waals surface area contributed by atoms with Crippen LogP contribution in [-0.2, 0) is 57.6 Å². The average Bonchev–Trinajstić information content (AvgIpc) is 1.34. The first-order valence-corrected chi connectivity index (χ1v) is 41.3. The van der Waals surface area contributed by atoms with Gasteiger partial charge in [-0.05, 0) is 103 Å². The van der Waals surface area contributed by atoms with Crippen molar-refractivity contribution in [2.24, 2.45) is 0 Å². The molecule has 536 valence electrons. The van der Waals surface area contributed by atoms with Crippen molar-refractivity contribution in [2.45, 2.75) is 216 Å². The molecule has 32 heteroatoms. The van der Waals surface area contributed by atoms with E-state index in [0.717, 1.165) is 82.4 Å². The second-order valence-electron chi connectivity index (χ2n) is 30.5. The molecule has 8 aromatic heterocycles. The van der Waals surface area contributed by atoms with Crippen LogP contribution in [0.4, 0.5) is 26.3 Å². The molecule has 2 N–H and O–H groups in total. The van der Waals surface area contributed by atoms with Crippen LogP contribution in [0.25, 0.3) is 44.6 Å². The summed E-state index contributed by atoms with van der Waals surface area (Å²) >= 11 is 0. The summed E-state index contributed by atoms with van der Waals surface area (Å²) in [6.45, 7) is 24.3. The lowest BCUT2D eigenvalue weighted by molar-refractivity contribution is -0.146. The molecular weight excluding hydrogens is 1340 g/mol. The van der Waals surface area contributed by atoms with E-state index in [0.29, 0.717) is 91.4 Å². The van der Waals surface area contributed by atoms with Crippen LogP contribution in [0.1, 0.15) is 115 Å². The van der Waals surface area contributed by atoms with Gasteiger partial charge in [0.05, 0.1) is 60.1 Å². The number of hydrogen-bond donors (Lipinski definition) is 2. The highest BCUT2D eigenvalue weighted by Gasteiger charge is 2.50. The molecule has 0 atom stereocenters. The minimum atomic E-state index is -4.77. The summed E-state index contributed by atoms with van der Waals surface area (Å²) in [4.78, 5) is 37.1.